The molecule has 1 aliphatic heterocycles. The molecule has 8 nitrogen and oxygen atoms in total. The van der Waals surface area contributed by atoms with Crippen LogP contribution in [0.25, 0.3) is 10.2 Å². The van der Waals surface area contributed by atoms with E-state index in [0.29, 0.717) is 26.8 Å². The number of nitrogens with zero attached hydrogens (tertiary/aromatic N) is 2. The van der Waals surface area contributed by atoms with Crippen LogP contribution in [0.15, 0.2) is 60.8 Å². The summed E-state index contributed by atoms with van der Waals surface area (Å²) in [6, 6.07) is 16.8. The summed E-state index contributed by atoms with van der Waals surface area (Å²) >= 11 is 1.30. The van der Waals surface area contributed by atoms with Crippen LogP contribution in [0.4, 0.5) is 21.9 Å². The van der Waals surface area contributed by atoms with Gasteiger partial charge in [0.1, 0.15) is 21.2 Å². The molecule has 4 aromatic rings. The van der Waals surface area contributed by atoms with Gasteiger partial charge in [-0.05, 0) is 74.6 Å². The molecule has 0 bridgehead atoms. The molecular weight excluding hydrogens is 500 g/mol. The van der Waals surface area contributed by atoms with Crippen molar-refractivity contribution in [1.82, 2.24) is 10.3 Å². The first-order valence-electron chi connectivity index (χ1n) is 12.7. The highest BCUT2D eigenvalue weighted by Crippen LogP contribution is 2.46. The van der Waals surface area contributed by atoms with Gasteiger partial charge in [0.25, 0.3) is 5.91 Å². The van der Waals surface area contributed by atoms with Gasteiger partial charge in [0, 0.05) is 19.3 Å². The van der Waals surface area contributed by atoms with Crippen LogP contribution in [-0.4, -0.2) is 36.2 Å². The molecule has 0 saturated heterocycles. The molecule has 0 atom stereocenters. The summed E-state index contributed by atoms with van der Waals surface area (Å²) in [6.45, 7) is 1.94. The molecule has 3 heterocycles. The SMILES string of the molecule is CO[C@H]1CC[C@H](NC(=O)c2sc3nccc4c3c2NC(=O)N4c2ccc(Oc3ccccc3)cc2C)CC1. The van der Waals surface area contributed by atoms with Gasteiger partial charge >= 0.3 is 6.03 Å². The molecule has 0 unspecified atom stereocenters. The zero-order chi connectivity index (χ0) is 26.2. The second-order valence-corrected chi connectivity index (χ2v) is 10.6. The van der Waals surface area contributed by atoms with Crippen LogP contribution in [0.2, 0.25) is 0 Å². The van der Waals surface area contributed by atoms with Crippen molar-refractivity contribution in [3.05, 3.63) is 71.2 Å². The minimum Gasteiger partial charge on any atom is -0.457 e. The minimum absolute atomic E-state index is 0.0915. The number of hydrogen-bond acceptors (Lipinski definition) is 6. The average molecular weight is 529 g/mol. The van der Waals surface area contributed by atoms with Crippen LogP contribution in [-0.2, 0) is 4.74 Å². The molecule has 6 rings (SSSR count). The van der Waals surface area contributed by atoms with Crippen LogP contribution >= 0.6 is 11.3 Å². The minimum atomic E-state index is -0.321. The second kappa shape index (κ2) is 10.1. The number of hydrogen-bond donors (Lipinski definition) is 2. The fraction of sp³-hybridized carbons (Fsp3) is 0.276. The monoisotopic (exact) mass is 528 g/mol. The lowest BCUT2D eigenvalue weighted by atomic mass is 9.93. The Morgan fingerprint density at radius 1 is 1.05 bits per heavy atom. The molecule has 2 aliphatic rings. The Morgan fingerprint density at radius 3 is 2.58 bits per heavy atom. The van der Waals surface area contributed by atoms with Crippen molar-refractivity contribution in [2.75, 3.05) is 17.3 Å². The highest BCUT2D eigenvalue weighted by Gasteiger charge is 2.34. The number of aryl methyl sites for hydroxylation is 1. The number of carbonyl (C=O) groups is 2. The van der Waals surface area contributed by atoms with Gasteiger partial charge in [0.05, 0.1) is 28.6 Å². The van der Waals surface area contributed by atoms with E-state index in [2.05, 4.69) is 15.6 Å². The van der Waals surface area contributed by atoms with Crippen molar-refractivity contribution in [1.29, 1.82) is 0 Å². The summed E-state index contributed by atoms with van der Waals surface area (Å²) < 4.78 is 11.4. The molecule has 1 aliphatic carbocycles. The Morgan fingerprint density at radius 2 is 1.84 bits per heavy atom. The number of pyridine rings is 1. The van der Waals surface area contributed by atoms with Crippen molar-refractivity contribution in [2.45, 2.75) is 44.8 Å². The number of para-hydroxylation sites is 1. The molecule has 2 aromatic heterocycles. The Kier molecular flexibility index (Phi) is 6.47. The number of methoxy groups -OCH3 is 1. The number of anilines is 3. The average Bonchev–Trinajstić information content (AvgIpc) is 3.30. The van der Waals surface area contributed by atoms with E-state index in [1.165, 1.54) is 11.3 Å². The van der Waals surface area contributed by atoms with Gasteiger partial charge in [-0.25, -0.2) is 9.78 Å². The molecule has 3 amide bonds. The lowest BCUT2D eigenvalue weighted by Gasteiger charge is -2.30. The van der Waals surface area contributed by atoms with Gasteiger partial charge in [-0.15, -0.1) is 11.3 Å². The molecule has 0 radical (unpaired) electrons. The van der Waals surface area contributed by atoms with Crippen molar-refractivity contribution in [3.63, 3.8) is 0 Å². The van der Waals surface area contributed by atoms with Gasteiger partial charge in [-0.2, -0.15) is 0 Å². The molecule has 1 saturated carbocycles. The number of benzene rings is 2. The molecule has 9 heteroatoms. The lowest BCUT2D eigenvalue weighted by molar-refractivity contribution is 0.0600. The van der Waals surface area contributed by atoms with Crippen molar-refractivity contribution in [3.8, 4) is 11.5 Å². The van der Waals surface area contributed by atoms with Crippen molar-refractivity contribution >= 4 is 50.6 Å². The van der Waals surface area contributed by atoms with Gasteiger partial charge < -0.3 is 20.1 Å². The second-order valence-electron chi connectivity index (χ2n) is 9.63. The summed E-state index contributed by atoms with van der Waals surface area (Å²) in [5, 5.41) is 6.92. The number of thiophene rings is 1. The number of rotatable bonds is 6. The predicted molar refractivity (Wildman–Crippen MR) is 149 cm³/mol. The Hall–Kier alpha value is -3.95. The fourth-order valence-corrected chi connectivity index (χ4v) is 6.27. The lowest BCUT2D eigenvalue weighted by Crippen LogP contribution is -2.39. The van der Waals surface area contributed by atoms with Gasteiger partial charge in [-0.1, -0.05) is 18.2 Å². The smallest absolute Gasteiger partial charge is 0.331 e. The van der Waals surface area contributed by atoms with Gasteiger partial charge in [-0.3, -0.25) is 9.69 Å². The molecule has 194 valence electrons. The van der Waals surface area contributed by atoms with Crippen molar-refractivity contribution < 1.29 is 19.1 Å². The molecule has 2 aromatic carbocycles. The number of aromatic nitrogens is 1. The predicted octanol–water partition coefficient (Wildman–Crippen LogP) is 6.77. The zero-order valence-electron chi connectivity index (χ0n) is 21.2. The molecule has 2 N–H and O–H groups in total. The summed E-state index contributed by atoms with van der Waals surface area (Å²) in [4.78, 5) is 34.1. The van der Waals surface area contributed by atoms with E-state index in [9.17, 15) is 9.59 Å². The van der Waals surface area contributed by atoms with Gasteiger partial charge in [0.2, 0.25) is 0 Å². The molecule has 1 fully saturated rings. The highest BCUT2D eigenvalue weighted by molar-refractivity contribution is 7.21. The molecular formula is C29H28N4O4S. The normalized spacial score (nSPS) is 18.8. The summed E-state index contributed by atoms with van der Waals surface area (Å²) in [7, 11) is 1.73. The topological polar surface area (TPSA) is 92.8 Å². The van der Waals surface area contributed by atoms with Crippen LogP contribution in [0.3, 0.4) is 0 Å². The number of urea groups is 1. The fourth-order valence-electron chi connectivity index (χ4n) is 5.24. The summed E-state index contributed by atoms with van der Waals surface area (Å²) in [5.41, 5.74) is 2.83. The molecule has 0 spiro atoms. The maximum atomic E-state index is 13.5. The Labute approximate surface area is 224 Å². The third-order valence-corrected chi connectivity index (χ3v) is 8.28. The Bertz CT molecular complexity index is 1510. The molecule has 38 heavy (non-hydrogen) atoms. The van der Waals surface area contributed by atoms with E-state index >= 15 is 0 Å². The highest BCUT2D eigenvalue weighted by atomic mass is 32.1. The quantitative estimate of drug-likeness (QED) is 0.288. The van der Waals surface area contributed by atoms with E-state index in [1.807, 2.05) is 61.5 Å². The van der Waals surface area contributed by atoms with Crippen molar-refractivity contribution in [2.24, 2.45) is 0 Å². The van der Waals surface area contributed by atoms with Crippen LogP contribution in [0.5, 0.6) is 11.5 Å². The third kappa shape index (κ3) is 4.48. The number of amides is 3. The standard InChI is InChI=1S/C29H28N4O4S/c1-17-16-21(37-20-6-4-3-5-7-20)12-13-22(17)33-23-14-15-30-28-24(23)25(32-29(33)35)26(38-28)27(34)31-18-8-10-19(36-2)11-9-18/h3-7,12-16,18-19H,8-11H2,1-2H3,(H,31,34)(H,32,35)/t18-,19-. The van der Waals surface area contributed by atoms with E-state index in [0.717, 1.165) is 48.1 Å². The maximum Gasteiger partial charge on any atom is 0.331 e. The summed E-state index contributed by atoms with van der Waals surface area (Å²) in [5.74, 6) is 1.25. The largest absolute Gasteiger partial charge is 0.457 e. The van der Waals surface area contributed by atoms with E-state index < -0.39 is 0 Å². The maximum absolute atomic E-state index is 13.5. The number of carbonyl (C=O) groups excluding carboxylic acids is 2. The summed E-state index contributed by atoms with van der Waals surface area (Å²) in [6.07, 6.45) is 5.53. The first-order valence-corrected chi connectivity index (χ1v) is 13.5. The number of ether oxygens (including phenoxy) is 2. The van der Waals surface area contributed by atoms with E-state index in [4.69, 9.17) is 9.47 Å². The third-order valence-electron chi connectivity index (χ3n) is 7.18. The first-order chi connectivity index (χ1) is 18.5. The van der Waals surface area contributed by atoms with Gasteiger partial charge in [0.15, 0.2) is 0 Å². The number of nitrogens with one attached hydrogen (secondary N) is 2. The Balaban J connectivity index is 1.30. The van der Waals surface area contributed by atoms with Crippen LogP contribution in [0.1, 0.15) is 40.9 Å². The van der Waals surface area contributed by atoms with Crippen LogP contribution < -0.4 is 20.3 Å². The zero-order valence-corrected chi connectivity index (χ0v) is 22.0. The van der Waals surface area contributed by atoms with Crippen LogP contribution in [0, 0.1) is 6.92 Å². The first kappa shape index (κ1) is 24.4. The van der Waals surface area contributed by atoms with E-state index in [-0.39, 0.29) is 24.1 Å². The van der Waals surface area contributed by atoms with E-state index in [1.54, 1.807) is 18.2 Å².